The van der Waals surface area contributed by atoms with Crippen molar-refractivity contribution in [2.45, 2.75) is 158 Å². The van der Waals surface area contributed by atoms with Crippen LogP contribution < -0.4 is 0 Å². The average molecular weight is 633 g/mol. The molecule has 0 heterocycles. The summed E-state index contributed by atoms with van der Waals surface area (Å²) in [5, 5.41) is 0. The van der Waals surface area contributed by atoms with E-state index in [0.29, 0.717) is 0 Å². The van der Waals surface area contributed by atoms with Crippen LogP contribution >= 0.6 is 46.0 Å². The molecule has 0 fully saturated rings. The number of unbranched alkanes of at least 4 members (excludes halogenated alkanes) is 4. The van der Waals surface area contributed by atoms with E-state index in [2.05, 4.69) is 65.2 Å². The zero-order chi connectivity index (χ0) is 30.2. The fourth-order valence-electron chi connectivity index (χ4n) is 5.54. The Bertz CT molecular complexity index is 527. The van der Waals surface area contributed by atoms with Crippen molar-refractivity contribution >= 4 is 54.7 Å². The van der Waals surface area contributed by atoms with E-state index in [0.717, 1.165) is 58.5 Å². The fraction of sp³-hybridized carbons (Fsp3) is 0.941. The highest BCUT2D eigenvalue weighted by molar-refractivity contribution is 8.89. The number of hydrogen-bond acceptors (Lipinski definition) is 4. The summed E-state index contributed by atoms with van der Waals surface area (Å²) in [6.45, 7) is 23.1. The van der Waals surface area contributed by atoms with Gasteiger partial charge in [-0.05, 0) is 70.9 Å². The molecule has 0 aliphatic heterocycles. The van der Waals surface area contributed by atoms with Crippen molar-refractivity contribution < 1.29 is 0 Å². The minimum Gasteiger partial charge on any atom is -0.356 e. The SMILES string of the molecule is CCCCC(CC)CN(CC(CC)CCCC)C(=S)SSC(=S)N(CC(CC)CCCC)CC(CC)CCCC. The molecule has 6 heteroatoms. The van der Waals surface area contributed by atoms with Gasteiger partial charge < -0.3 is 9.80 Å². The predicted octanol–water partition coefficient (Wildman–Crippen LogP) is 12.4. The monoisotopic (exact) mass is 632 g/mol. The third-order valence-electron chi connectivity index (χ3n) is 8.79. The van der Waals surface area contributed by atoms with E-state index in [1.165, 1.54) is 103 Å². The lowest BCUT2D eigenvalue weighted by Crippen LogP contribution is -2.38. The second kappa shape index (κ2) is 27.1. The highest BCUT2D eigenvalue weighted by atomic mass is 33.1. The molecule has 0 saturated carbocycles. The van der Waals surface area contributed by atoms with Crippen molar-refractivity contribution in [3.8, 4) is 0 Å². The molecule has 0 aliphatic carbocycles. The molecule has 0 radical (unpaired) electrons. The Morgan fingerprint density at radius 3 is 0.850 bits per heavy atom. The van der Waals surface area contributed by atoms with Gasteiger partial charge in [-0.1, -0.05) is 157 Å². The fourth-order valence-corrected chi connectivity index (χ4v) is 8.16. The molecule has 0 N–H and O–H groups in total. The van der Waals surface area contributed by atoms with Crippen molar-refractivity contribution in [2.75, 3.05) is 26.2 Å². The Morgan fingerprint density at radius 2 is 0.675 bits per heavy atom. The van der Waals surface area contributed by atoms with Gasteiger partial charge in [0.15, 0.2) is 0 Å². The van der Waals surface area contributed by atoms with Gasteiger partial charge in [0.1, 0.15) is 8.64 Å². The lowest BCUT2D eigenvalue weighted by atomic mass is 9.96. The molecule has 0 aromatic heterocycles. The quantitative estimate of drug-likeness (QED) is 0.0766. The molecule has 4 unspecified atom stereocenters. The molecule has 0 aromatic rings. The van der Waals surface area contributed by atoms with Crippen LogP contribution in [0.1, 0.15) is 158 Å². The summed E-state index contributed by atoms with van der Waals surface area (Å²) in [4.78, 5) is 5.14. The van der Waals surface area contributed by atoms with Crippen LogP contribution in [0.3, 0.4) is 0 Å². The van der Waals surface area contributed by atoms with Crippen LogP contribution in [-0.2, 0) is 0 Å². The smallest absolute Gasteiger partial charge is 0.147 e. The molecular weight excluding hydrogens is 565 g/mol. The topological polar surface area (TPSA) is 6.48 Å². The Kier molecular flexibility index (Phi) is 27.4. The maximum Gasteiger partial charge on any atom is 0.147 e. The molecule has 2 nitrogen and oxygen atoms in total. The van der Waals surface area contributed by atoms with Crippen LogP contribution in [0.2, 0.25) is 0 Å². The first kappa shape index (κ1) is 40.5. The van der Waals surface area contributed by atoms with E-state index in [9.17, 15) is 0 Å². The second-order valence-corrected chi connectivity index (χ2v) is 15.6. The lowest BCUT2D eigenvalue weighted by molar-refractivity contribution is 0.269. The highest BCUT2D eigenvalue weighted by Gasteiger charge is 2.23. The first-order chi connectivity index (χ1) is 19.3. The van der Waals surface area contributed by atoms with Gasteiger partial charge in [0.05, 0.1) is 0 Å². The minimum absolute atomic E-state index is 0.725. The van der Waals surface area contributed by atoms with E-state index in [-0.39, 0.29) is 0 Å². The normalized spacial score (nSPS) is 14.5. The zero-order valence-corrected chi connectivity index (χ0v) is 31.2. The minimum atomic E-state index is 0.725. The highest BCUT2D eigenvalue weighted by Crippen LogP contribution is 2.32. The average Bonchev–Trinajstić information content (AvgIpc) is 2.97. The first-order valence-electron chi connectivity index (χ1n) is 17.3. The van der Waals surface area contributed by atoms with Crippen molar-refractivity contribution in [3.63, 3.8) is 0 Å². The molecule has 0 amide bonds. The Balaban J connectivity index is 5.59. The van der Waals surface area contributed by atoms with Crippen LogP contribution in [0, 0.1) is 23.7 Å². The molecule has 0 saturated heterocycles. The van der Waals surface area contributed by atoms with Crippen LogP contribution in [0.15, 0.2) is 0 Å². The van der Waals surface area contributed by atoms with Crippen molar-refractivity contribution in [2.24, 2.45) is 23.7 Å². The van der Waals surface area contributed by atoms with Crippen LogP contribution in [0.4, 0.5) is 0 Å². The molecule has 0 bridgehead atoms. The number of rotatable bonds is 24. The summed E-state index contributed by atoms with van der Waals surface area (Å²) in [6.07, 6.45) is 20.6. The summed E-state index contributed by atoms with van der Waals surface area (Å²) in [7, 11) is 3.54. The van der Waals surface area contributed by atoms with Crippen molar-refractivity contribution in [1.29, 1.82) is 0 Å². The van der Waals surface area contributed by atoms with Crippen molar-refractivity contribution in [1.82, 2.24) is 9.80 Å². The summed E-state index contributed by atoms with van der Waals surface area (Å²) >= 11 is 12.3. The van der Waals surface area contributed by atoms with Crippen LogP contribution in [0.5, 0.6) is 0 Å². The van der Waals surface area contributed by atoms with Gasteiger partial charge in [-0.25, -0.2) is 0 Å². The maximum absolute atomic E-state index is 6.16. The zero-order valence-electron chi connectivity index (χ0n) is 28.0. The Hall–Kier alpha value is 0.480. The van der Waals surface area contributed by atoms with Gasteiger partial charge in [-0.3, -0.25) is 0 Å². The van der Waals surface area contributed by atoms with E-state index in [1.54, 1.807) is 21.6 Å². The lowest BCUT2D eigenvalue weighted by Gasteiger charge is -2.34. The number of thiocarbonyl (C=S) groups is 2. The van der Waals surface area contributed by atoms with Gasteiger partial charge in [0, 0.05) is 26.2 Å². The summed E-state index contributed by atoms with van der Waals surface area (Å²) < 4.78 is 2.10. The molecular formula is C34H68N2S4. The van der Waals surface area contributed by atoms with E-state index < -0.39 is 0 Å². The Labute approximate surface area is 271 Å². The summed E-state index contributed by atoms with van der Waals surface area (Å²) in [6, 6.07) is 0. The molecule has 0 spiro atoms. The number of nitrogens with zero attached hydrogens (tertiary/aromatic N) is 2. The molecule has 238 valence electrons. The van der Waals surface area contributed by atoms with Crippen LogP contribution in [0.25, 0.3) is 0 Å². The predicted molar refractivity (Wildman–Crippen MR) is 197 cm³/mol. The summed E-state index contributed by atoms with van der Waals surface area (Å²) in [5.74, 6) is 2.90. The number of hydrogen-bond donors (Lipinski definition) is 0. The second-order valence-electron chi connectivity index (χ2n) is 12.2. The molecule has 0 rings (SSSR count). The van der Waals surface area contributed by atoms with Crippen molar-refractivity contribution in [3.05, 3.63) is 0 Å². The largest absolute Gasteiger partial charge is 0.356 e. The van der Waals surface area contributed by atoms with Gasteiger partial charge >= 0.3 is 0 Å². The standard InChI is InChI=1S/C34H68N2S4/c1-9-17-21-29(13-5)25-35(26-30(14-6)22-18-10-2)33(37)39-40-34(38)36(27-31(15-7)23-19-11-3)28-32(16-8)24-20-12-4/h29-32H,9-28H2,1-8H3. The van der Waals surface area contributed by atoms with E-state index >= 15 is 0 Å². The molecule has 0 aromatic carbocycles. The van der Waals surface area contributed by atoms with E-state index in [4.69, 9.17) is 24.4 Å². The van der Waals surface area contributed by atoms with Gasteiger partial charge in [0.25, 0.3) is 0 Å². The van der Waals surface area contributed by atoms with Gasteiger partial charge in [-0.15, -0.1) is 0 Å². The molecule has 40 heavy (non-hydrogen) atoms. The molecule has 4 atom stereocenters. The maximum atomic E-state index is 6.16. The van der Waals surface area contributed by atoms with Gasteiger partial charge in [-0.2, -0.15) is 0 Å². The Morgan fingerprint density at radius 1 is 0.450 bits per heavy atom. The van der Waals surface area contributed by atoms with Gasteiger partial charge in [0.2, 0.25) is 0 Å². The summed E-state index contributed by atoms with van der Waals surface area (Å²) in [5.41, 5.74) is 0. The molecule has 0 aliphatic rings. The first-order valence-corrected chi connectivity index (χ1v) is 20.2. The van der Waals surface area contributed by atoms with Crippen LogP contribution in [-0.4, -0.2) is 44.6 Å². The third-order valence-corrected chi connectivity index (χ3v) is 12.5. The third kappa shape index (κ3) is 18.9. The van der Waals surface area contributed by atoms with E-state index in [1.807, 2.05) is 0 Å².